The molecule has 0 bridgehead atoms. The lowest BCUT2D eigenvalue weighted by Gasteiger charge is -2.16. The van der Waals surface area contributed by atoms with E-state index in [4.69, 9.17) is 0 Å². The SMILES string of the molecule is CCc1ccc(N2CC(c3nnc(NC(=O)c4cccc(I)c4)s3)CC2=O)cc1. The van der Waals surface area contributed by atoms with Crippen LogP contribution in [0.2, 0.25) is 0 Å². The lowest BCUT2D eigenvalue weighted by atomic mass is 10.1. The third kappa shape index (κ3) is 4.48. The molecular formula is C21H19IN4O2S. The number of hydrogen-bond donors (Lipinski definition) is 1. The van der Waals surface area contributed by atoms with Gasteiger partial charge in [-0.3, -0.25) is 14.9 Å². The van der Waals surface area contributed by atoms with Crippen LogP contribution in [0.5, 0.6) is 0 Å². The fraction of sp³-hybridized carbons (Fsp3) is 0.238. The Kier molecular flexibility index (Phi) is 5.91. The molecule has 2 aromatic carbocycles. The lowest BCUT2D eigenvalue weighted by molar-refractivity contribution is -0.117. The minimum absolute atomic E-state index is 0.0193. The van der Waals surface area contributed by atoms with Gasteiger partial charge < -0.3 is 4.90 Å². The molecule has 0 saturated carbocycles. The first-order valence-electron chi connectivity index (χ1n) is 9.33. The largest absolute Gasteiger partial charge is 0.312 e. The molecule has 1 fully saturated rings. The quantitative estimate of drug-likeness (QED) is 0.506. The Hall–Kier alpha value is -2.33. The van der Waals surface area contributed by atoms with Gasteiger partial charge in [-0.1, -0.05) is 36.5 Å². The zero-order valence-electron chi connectivity index (χ0n) is 15.8. The number of aromatic nitrogens is 2. The Morgan fingerprint density at radius 3 is 2.76 bits per heavy atom. The number of anilines is 2. The maximum absolute atomic E-state index is 12.5. The Bertz CT molecular complexity index is 1050. The first kappa shape index (κ1) is 20.0. The van der Waals surface area contributed by atoms with Gasteiger partial charge >= 0.3 is 0 Å². The smallest absolute Gasteiger partial charge is 0.257 e. The van der Waals surface area contributed by atoms with Crippen molar-refractivity contribution in [2.45, 2.75) is 25.7 Å². The van der Waals surface area contributed by atoms with Crippen molar-refractivity contribution in [2.75, 3.05) is 16.8 Å². The molecular weight excluding hydrogens is 499 g/mol. The average molecular weight is 518 g/mol. The second-order valence-corrected chi connectivity index (χ2v) is 9.09. The van der Waals surface area contributed by atoms with E-state index in [0.29, 0.717) is 23.7 Å². The van der Waals surface area contributed by atoms with Crippen LogP contribution in [0, 0.1) is 3.57 Å². The van der Waals surface area contributed by atoms with Crippen LogP contribution < -0.4 is 10.2 Å². The minimum atomic E-state index is -0.216. The first-order valence-corrected chi connectivity index (χ1v) is 11.2. The molecule has 4 rings (SSSR count). The van der Waals surface area contributed by atoms with Crippen LogP contribution in [0.4, 0.5) is 10.8 Å². The van der Waals surface area contributed by atoms with Gasteiger partial charge in [0.15, 0.2) is 0 Å². The van der Waals surface area contributed by atoms with Crippen molar-refractivity contribution in [3.63, 3.8) is 0 Å². The van der Waals surface area contributed by atoms with Crippen LogP contribution in [0.25, 0.3) is 0 Å². The summed E-state index contributed by atoms with van der Waals surface area (Å²) < 4.78 is 0.990. The Balaban J connectivity index is 1.44. The van der Waals surface area contributed by atoms with E-state index >= 15 is 0 Å². The van der Waals surface area contributed by atoms with E-state index in [2.05, 4.69) is 57.2 Å². The molecule has 1 atom stereocenters. The van der Waals surface area contributed by atoms with Crippen molar-refractivity contribution >= 4 is 56.6 Å². The van der Waals surface area contributed by atoms with E-state index in [9.17, 15) is 9.59 Å². The van der Waals surface area contributed by atoms with Crippen LogP contribution in [0.3, 0.4) is 0 Å². The number of aryl methyl sites for hydroxylation is 1. The molecule has 8 heteroatoms. The van der Waals surface area contributed by atoms with Gasteiger partial charge in [-0.25, -0.2) is 0 Å². The van der Waals surface area contributed by atoms with E-state index in [-0.39, 0.29) is 17.7 Å². The van der Waals surface area contributed by atoms with Crippen LogP contribution >= 0.6 is 33.9 Å². The average Bonchev–Trinajstić information content (AvgIpc) is 3.34. The topological polar surface area (TPSA) is 75.2 Å². The standard InChI is InChI=1S/C21H19IN4O2S/c1-2-13-6-8-17(9-7-13)26-12-15(11-18(26)27)20-24-25-21(29-20)23-19(28)14-4-3-5-16(22)10-14/h3-10,15H,2,11-12H2,1H3,(H,23,25,28). The summed E-state index contributed by atoms with van der Waals surface area (Å²) in [7, 11) is 0. The van der Waals surface area contributed by atoms with Gasteiger partial charge in [0, 0.05) is 33.7 Å². The molecule has 1 saturated heterocycles. The maximum Gasteiger partial charge on any atom is 0.257 e. The van der Waals surface area contributed by atoms with E-state index < -0.39 is 0 Å². The van der Waals surface area contributed by atoms with E-state index in [0.717, 1.165) is 20.7 Å². The highest BCUT2D eigenvalue weighted by Gasteiger charge is 2.34. The van der Waals surface area contributed by atoms with Crippen molar-refractivity contribution in [2.24, 2.45) is 0 Å². The van der Waals surface area contributed by atoms with Crippen LogP contribution in [0.15, 0.2) is 48.5 Å². The zero-order chi connectivity index (χ0) is 20.4. The second kappa shape index (κ2) is 8.58. The predicted octanol–water partition coefficient (Wildman–Crippen LogP) is 4.48. The number of nitrogens with zero attached hydrogens (tertiary/aromatic N) is 3. The molecule has 0 spiro atoms. The molecule has 6 nitrogen and oxygen atoms in total. The van der Waals surface area contributed by atoms with Crippen molar-refractivity contribution in [1.29, 1.82) is 0 Å². The number of amides is 2. The number of halogens is 1. The molecule has 0 aliphatic carbocycles. The summed E-state index contributed by atoms with van der Waals surface area (Å²) in [5, 5.41) is 12.3. The summed E-state index contributed by atoms with van der Waals surface area (Å²) in [5.74, 6) is -0.153. The summed E-state index contributed by atoms with van der Waals surface area (Å²) in [6.07, 6.45) is 1.37. The third-order valence-electron chi connectivity index (χ3n) is 4.88. The minimum Gasteiger partial charge on any atom is -0.312 e. The van der Waals surface area contributed by atoms with Crippen LogP contribution in [-0.4, -0.2) is 28.6 Å². The molecule has 3 aromatic rings. The van der Waals surface area contributed by atoms with Crippen LogP contribution in [0.1, 0.15) is 40.2 Å². The Labute approximate surface area is 186 Å². The zero-order valence-corrected chi connectivity index (χ0v) is 18.7. The lowest BCUT2D eigenvalue weighted by Crippen LogP contribution is -2.24. The maximum atomic E-state index is 12.5. The summed E-state index contributed by atoms with van der Waals surface area (Å²) in [4.78, 5) is 26.7. The molecule has 0 radical (unpaired) electrons. The van der Waals surface area contributed by atoms with E-state index in [1.807, 2.05) is 30.3 Å². The first-order chi connectivity index (χ1) is 14.0. The molecule has 1 aliphatic heterocycles. The molecule has 2 heterocycles. The molecule has 1 N–H and O–H groups in total. The third-order valence-corrected chi connectivity index (χ3v) is 6.55. The molecule has 1 aliphatic rings. The predicted molar refractivity (Wildman–Crippen MR) is 123 cm³/mol. The monoisotopic (exact) mass is 518 g/mol. The number of nitrogens with one attached hydrogen (secondary N) is 1. The molecule has 1 unspecified atom stereocenters. The van der Waals surface area contributed by atoms with E-state index in [1.54, 1.807) is 11.0 Å². The van der Waals surface area contributed by atoms with Gasteiger partial charge in [-0.15, -0.1) is 10.2 Å². The molecule has 148 valence electrons. The van der Waals surface area contributed by atoms with Crippen molar-refractivity contribution < 1.29 is 9.59 Å². The number of rotatable bonds is 5. The van der Waals surface area contributed by atoms with Gasteiger partial charge in [0.1, 0.15) is 5.01 Å². The highest BCUT2D eigenvalue weighted by atomic mass is 127. The normalized spacial score (nSPS) is 16.3. The van der Waals surface area contributed by atoms with Gasteiger partial charge in [0.05, 0.1) is 0 Å². The summed E-state index contributed by atoms with van der Waals surface area (Å²) in [6, 6.07) is 15.4. The molecule has 1 aromatic heterocycles. The second-order valence-electron chi connectivity index (χ2n) is 6.84. The molecule has 2 amide bonds. The highest BCUT2D eigenvalue weighted by Crippen LogP contribution is 2.34. The number of hydrogen-bond acceptors (Lipinski definition) is 5. The van der Waals surface area contributed by atoms with Crippen LogP contribution in [-0.2, 0) is 11.2 Å². The summed E-state index contributed by atoms with van der Waals surface area (Å²) >= 11 is 3.50. The highest BCUT2D eigenvalue weighted by molar-refractivity contribution is 14.1. The fourth-order valence-electron chi connectivity index (χ4n) is 3.28. The van der Waals surface area contributed by atoms with Gasteiger partial charge in [0.2, 0.25) is 11.0 Å². The van der Waals surface area contributed by atoms with Gasteiger partial charge in [-0.2, -0.15) is 0 Å². The van der Waals surface area contributed by atoms with Gasteiger partial charge in [0.25, 0.3) is 5.91 Å². The van der Waals surface area contributed by atoms with Gasteiger partial charge in [-0.05, 0) is 64.9 Å². The Morgan fingerprint density at radius 1 is 1.24 bits per heavy atom. The van der Waals surface area contributed by atoms with E-state index in [1.165, 1.54) is 16.9 Å². The van der Waals surface area contributed by atoms with Crippen molar-refractivity contribution in [1.82, 2.24) is 10.2 Å². The number of carbonyl (C=O) groups is 2. The van der Waals surface area contributed by atoms with Crippen molar-refractivity contribution in [3.05, 3.63) is 68.2 Å². The summed E-state index contributed by atoms with van der Waals surface area (Å²) in [5.41, 5.74) is 2.73. The van der Waals surface area contributed by atoms with Crippen molar-refractivity contribution in [3.8, 4) is 0 Å². The number of benzene rings is 2. The summed E-state index contributed by atoms with van der Waals surface area (Å²) in [6.45, 7) is 2.68. The fourth-order valence-corrected chi connectivity index (χ4v) is 4.66. The molecule has 29 heavy (non-hydrogen) atoms. The number of carbonyl (C=O) groups excluding carboxylic acids is 2. The Morgan fingerprint density at radius 2 is 2.03 bits per heavy atom.